The number of nitrogens with one attached hydrogen (secondary N) is 2. The summed E-state index contributed by atoms with van der Waals surface area (Å²) in [7, 11) is 1.55. The number of anilines is 2. The predicted molar refractivity (Wildman–Crippen MR) is 153 cm³/mol. The molecule has 0 radical (unpaired) electrons. The topological polar surface area (TPSA) is 101 Å². The Morgan fingerprint density at radius 1 is 1.21 bits per heavy atom. The summed E-state index contributed by atoms with van der Waals surface area (Å²) in [5.41, 5.74) is 3.23. The maximum absolute atomic E-state index is 13.7. The van der Waals surface area contributed by atoms with Crippen LogP contribution in [0.25, 0.3) is 0 Å². The highest BCUT2D eigenvalue weighted by Gasteiger charge is 2.35. The number of hydrogen-bond acceptors (Lipinski definition) is 7. The van der Waals surface area contributed by atoms with Crippen LogP contribution in [0.4, 0.5) is 11.6 Å². The van der Waals surface area contributed by atoms with Gasteiger partial charge in [0.1, 0.15) is 17.5 Å². The summed E-state index contributed by atoms with van der Waals surface area (Å²) in [6, 6.07) is 19.4. The smallest absolute Gasteiger partial charge is 0.255 e. The zero-order chi connectivity index (χ0) is 26.8. The maximum Gasteiger partial charge on any atom is 0.255 e. The van der Waals surface area contributed by atoms with Crippen LogP contribution < -0.4 is 15.4 Å². The Bertz CT molecular complexity index is 1560. The molecule has 1 amide bonds. The highest BCUT2D eigenvalue weighted by molar-refractivity contribution is 9.10. The molecule has 38 heavy (non-hydrogen) atoms. The minimum Gasteiger partial charge on any atom is -0.507 e. The first-order chi connectivity index (χ1) is 18.4. The van der Waals surface area contributed by atoms with Gasteiger partial charge in [-0.1, -0.05) is 59.8 Å². The molecule has 4 aromatic rings. The van der Waals surface area contributed by atoms with Gasteiger partial charge in [-0.15, -0.1) is 5.10 Å². The molecule has 1 unspecified atom stereocenters. The Morgan fingerprint density at radius 3 is 2.74 bits per heavy atom. The SMILES string of the molecule is COc1ccccc1NC(=O)C1=C(C)Nc2nc(SCc3ccccc3Cl)nn2C1c1ccc(Br)c(O)c1. The first kappa shape index (κ1) is 26.1. The van der Waals surface area contributed by atoms with Crippen LogP contribution in [-0.4, -0.2) is 32.9 Å². The number of ether oxygens (including phenoxy) is 1. The maximum atomic E-state index is 13.7. The normalized spacial score (nSPS) is 14.6. The van der Waals surface area contributed by atoms with Crippen molar-refractivity contribution in [2.24, 2.45) is 0 Å². The lowest BCUT2D eigenvalue weighted by molar-refractivity contribution is -0.113. The van der Waals surface area contributed by atoms with Crippen LogP contribution in [0.3, 0.4) is 0 Å². The summed E-state index contributed by atoms with van der Waals surface area (Å²) >= 11 is 11.1. The van der Waals surface area contributed by atoms with E-state index in [4.69, 9.17) is 21.4 Å². The standard InChI is InChI=1S/C27H23BrClN5O3S/c1-15-23(25(36)31-20-9-5-6-10-22(20)37-2)24(16-11-12-18(28)21(35)13-16)34-26(30-15)32-27(33-34)38-14-17-7-3-4-8-19(17)29/h3-13,24,35H,14H2,1-2H3,(H,31,36)(H,30,32,33). The molecule has 0 fully saturated rings. The van der Waals surface area contributed by atoms with Crippen molar-refractivity contribution in [2.75, 3.05) is 17.7 Å². The third kappa shape index (κ3) is 5.24. The number of aromatic hydroxyl groups is 1. The predicted octanol–water partition coefficient (Wildman–Crippen LogP) is 6.63. The largest absolute Gasteiger partial charge is 0.507 e. The van der Waals surface area contributed by atoms with Gasteiger partial charge in [-0.25, -0.2) is 4.68 Å². The molecule has 5 rings (SSSR count). The van der Waals surface area contributed by atoms with Gasteiger partial charge in [0.15, 0.2) is 0 Å². The molecule has 8 nitrogen and oxygen atoms in total. The Kier molecular flexibility index (Phi) is 7.64. The molecule has 3 aromatic carbocycles. The number of allylic oxidation sites excluding steroid dienone is 1. The molecule has 0 spiro atoms. The van der Waals surface area contributed by atoms with Crippen molar-refractivity contribution in [1.29, 1.82) is 0 Å². The number of carbonyl (C=O) groups excluding carboxylic acids is 1. The van der Waals surface area contributed by atoms with Crippen LogP contribution >= 0.6 is 39.3 Å². The van der Waals surface area contributed by atoms with E-state index in [1.165, 1.54) is 11.8 Å². The van der Waals surface area contributed by atoms with E-state index in [1.807, 2.05) is 49.4 Å². The summed E-state index contributed by atoms with van der Waals surface area (Å²) in [4.78, 5) is 18.4. The summed E-state index contributed by atoms with van der Waals surface area (Å²) in [5.74, 6) is 1.34. The van der Waals surface area contributed by atoms with Gasteiger partial charge in [-0.2, -0.15) is 4.98 Å². The number of thioether (sulfide) groups is 1. The van der Waals surface area contributed by atoms with E-state index in [2.05, 4.69) is 31.5 Å². The fourth-order valence-corrected chi connectivity index (χ4v) is 5.55. The second-order valence-electron chi connectivity index (χ2n) is 8.47. The number of fused-ring (bicyclic) bond motifs is 1. The van der Waals surface area contributed by atoms with Crippen molar-refractivity contribution in [3.05, 3.63) is 98.6 Å². The number of halogens is 2. The number of carbonyl (C=O) groups is 1. The number of benzene rings is 3. The number of methoxy groups -OCH3 is 1. The van der Waals surface area contributed by atoms with Crippen molar-refractivity contribution in [1.82, 2.24) is 14.8 Å². The molecule has 3 N–H and O–H groups in total. The highest BCUT2D eigenvalue weighted by atomic mass is 79.9. The Balaban J connectivity index is 1.52. The molecular formula is C27H23BrClN5O3S. The van der Waals surface area contributed by atoms with Gasteiger partial charge < -0.3 is 20.5 Å². The molecule has 0 aliphatic carbocycles. The zero-order valence-corrected chi connectivity index (χ0v) is 23.6. The van der Waals surface area contributed by atoms with E-state index < -0.39 is 6.04 Å². The molecule has 11 heteroatoms. The van der Waals surface area contributed by atoms with Crippen LogP contribution in [-0.2, 0) is 10.5 Å². The van der Waals surface area contributed by atoms with Crippen molar-refractivity contribution >= 4 is 56.8 Å². The Hall–Kier alpha value is -3.47. The molecule has 1 aromatic heterocycles. The van der Waals surface area contributed by atoms with Gasteiger partial charge in [0.25, 0.3) is 5.91 Å². The monoisotopic (exact) mass is 611 g/mol. The van der Waals surface area contributed by atoms with Crippen molar-refractivity contribution in [3.8, 4) is 11.5 Å². The number of amides is 1. The summed E-state index contributed by atoms with van der Waals surface area (Å²) in [6.07, 6.45) is 0. The fraction of sp³-hybridized carbons (Fsp3) is 0.148. The second-order valence-corrected chi connectivity index (χ2v) is 10.7. The molecule has 0 saturated carbocycles. The third-order valence-electron chi connectivity index (χ3n) is 6.03. The van der Waals surface area contributed by atoms with Crippen LogP contribution in [0, 0.1) is 0 Å². The van der Waals surface area contributed by atoms with E-state index >= 15 is 0 Å². The number of para-hydroxylation sites is 2. The minimum absolute atomic E-state index is 0.0538. The fourth-order valence-electron chi connectivity index (χ4n) is 4.19. The average Bonchev–Trinajstić information content (AvgIpc) is 3.31. The lowest BCUT2D eigenvalue weighted by Gasteiger charge is -2.29. The lowest BCUT2D eigenvalue weighted by atomic mass is 9.95. The van der Waals surface area contributed by atoms with Gasteiger partial charge in [0, 0.05) is 16.5 Å². The van der Waals surface area contributed by atoms with Gasteiger partial charge in [0.05, 0.1) is 22.8 Å². The van der Waals surface area contributed by atoms with E-state index in [0.29, 0.717) is 54.6 Å². The van der Waals surface area contributed by atoms with E-state index in [9.17, 15) is 9.90 Å². The van der Waals surface area contributed by atoms with E-state index in [0.717, 1.165) is 5.56 Å². The minimum atomic E-state index is -0.651. The Labute approximate surface area is 237 Å². The van der Waals surface area contributed by atoms with Crippen molar-refractivity contribution in [2.45, 2.75) is 23.9 Å². The molecule has 194 valence electrons. The molecule has 2 heterocycles. The quantitative estimate of drug-likeness (QED) is 0.202. The second kappa shape index (κ2) is 11.1. The molecule has 1 aliphatic heterocycles. The first-order valence-corrected chi connectivity index (χ1v) is 13.7. The lowest BCUT2D eigenvalue weighted by Crippen LogP contribution is -2.31. The van der Waals surface area contributed by atoms with Crippen LogP contribution in [0.5, 0.6) is 11.5 Å². The number of phenolic OH excluding ortho intramolecular Hbond substituents is 1. The van der Waals surface area contributed by atoms with Gasteiger partial charge in [-0.05, 0) is 64.3 Å². The van der Waals surface area contributed by atoms with Gasteiger partial charge >= 0.3 is 0 Å². The zero-order valence-electron chi connectivity index (χ0n) is 20.4. The van der Waals surface area contributed by atoms with E-state index in [-0.39, 0.29) is 11.7 Å². The molecule has 0 saturated heterocycles. The van der Waals surface area contributed by atoms with Gasteiger partial charge in [0.2, 0.25) is 11.1 Å². The number of nitrogens with zero attached hydrogens (tertiary/aromatic N) is 3. The molecule has 1 aliphatic rings. The third-order valence-corrected chi connectivity index (χ3v) is 7.96. The Morgan fingerprint density at radius 2 is 1.97 bits per heavy atom. The first-order valence-electron chi connectivity index (χ1n) is 11.6. The summed E-state index contributed by atoms with van der Waals surface area (Å²) in [5, 5.41) is 22.6. The highest BCUT2D eigenvalue weighted by Crippen LogP contribution is 2.39. The van der Waals surface area contributed by atoms with Crippen molar-refractivity contribution < 1.29 is 14.6 Å². The number of rotatable bonds is 7. The number of aromatic nitrogens is 3. The van der Waals surface area contributed by atoms with Gasteiger partial charge in [-0.3, -0.25) is 4.79 Å². The molecular weight excluding hydrogens is 590 g/mol. The van der Waals surface area contributed by atoms with Crippen LogP contribution in [0.1, 0.15) is 24.1 Å². The number of phenols is 1. The van der Waals surface area contributed by atoms with Crippen molar-refractivity contribution in [3.63, 3.8) is 0 Å². The summed E-state index contributed by atoms with van der Waals surface area (Å²) < 4.78 is 7.62. The van der Waals surface area contributed by atoms with Crippen LogP contribution in [0.2, 0.25) is 5.02 Å². The van der Waals surface area contributed by atoms with E-state index in [1.54, 1.807) is 36.1 Å². The number of hydrogen-bond donors (Lipinski definition) is 3. The molecule has 1 atom stereocenters. The molecule has 0 bridgehead atoms. The summed E-state index contributed by atoms with van der Waals surface area (Å²) in [6.45, 7) is 1.82. The van der Waals surface area contributed by atoms with Crippen LogP contribution in [0.15, 0.2) is 87.6 Å². The average molecular weight is 613 g/mol.